The topological polar surface area (TPSA) is 153 Å². The van der Waals surface area contributed by atoms with Gasteiger partial charge in [-0.1, -0.05) is 0 Å². The highest BCUT2D eigenvalue weighted by Gasteiger charge is 2.17. The summed E-state index contributed by atoms with van der Waals surface area (Å²) >= 11 is 0. The maximum atomic E-state index is 11.7. The predicted octanol–water partition coefficient (Wildman–Crippen LogP) is -0.485. The van der Waals surface area contributed by atoms with Crippen LogP contribution in [-0.2, 0) is 32.2 Å². The van der Waals surface area contributed by atoms with Crippen molar-refractivity contribution in [2.24, 2.45) is 0 Å². The quantitative estimate of drug-likeness (QED) is 0.460. The lowest BCUT2D eigenvalue weighted by molar-refractivity contribution is -0.145. The molecule has 0 aliphatic heterocycles. The third-order valence-electron chi connectivity index (χ3n) is 3.48. The lowest BCUT2D eigenvalue weighted by atomic mass is 10.2. The van der Waals surface area contributed by atoms with E-state index in [9.17, 15) is 9.59 Å². The zero-order valence-corrected chi connectivity index (χ0v) is 15.2. The van der Waals surface area contributed by atoms with Crippen molar-refractivity contribution in [3.63, 3.8) is 0 Å². The van der Waals surface area contributed by atoms with E-state index in [0.29, 0.717) is 17.1 Å². The van der Waals surface area contributed by atoms with E-state index in [1.807, 2.05) is 0 Å². The molecule has 0 saturated heterocycles. The van der Waals surface area contributed by atoms with Crippen LogP contribution in [0, 0.1) is 0 Å². The highest BCUT2D eigenvalue weighted by molar-refractivity contribution is 5.71. The molecule has 3 rings (SSSR count). The number of rotatable bonds is 8. The number of ether oxygens (including phenoxy) is 2. The van der Waals surface area contributed by atoms with Gasteiger partial charge in [-0.15, -0.1) is 10.2 Å². The van der Waals surface area contributed by atoms with Crippen LogP contribution in [0.4, 0.5) is 0 Å². The molecule has 3 aromatic heterocycles. The molecule has 0 aliphatic carbocycles. The van der Waals surface area contributed by atoms with E-state index in [1.54, 1.807) is 26.0 Å². The zero-order chi connectivity index (χ0) is 19.9. The van der Waals surface area contributed by atoms with Crippen LogP contribution in [0.2, 0.25) is 0 Å². The summed E-state index contributed by atoms with van der Waals surface area (Å²) in [6.07, 6.45) is 1.53. The summed E-state index contributed by atoms with van der Waals surface area (Å²) < 4.78 is 12.4. The van der Waals surface area contributed by atoms with Gasteiger partial charge in [0, 0.05) is 11.8 Å². The maximum absolute atomic E-state index is 11.7. The first-order valence-electron chi connectivity index (χ1n) is 8.42. The van der Waals surface area contributed by atoms with Gasteiger partial charge in [0.25, 0.3) is 0 Å². The first-order valence-corrected chi connectivity index (χ1v) is 8.42. The fourth-order valence-corrected chi connectivity index (χ4v) is 2.36. The Morgan fingerprint density at radius 3 is 2.11 bits per heavy atom. The van der Waals surface area contributed by atoms with Gasteiger partial charge in [0.15, 0.2) is 5.82 Å². The maximum Gasteiger partial charge on any atom is 0.327 e. The van der Waals surface area contributed by atoms with Crippen molar-refractivity contribution in [2.45, 2.75) is 26.9 Å². The van der Waals surface area contributed by atoms with Crippen molar-refractivity contribution in [1.29, 1.82) is 0 Å². The number of hydrogen-bond donors (Lipinski definition) is 0. The molecule has 146 valence electrons. The molecule has 28 heavy (non-hydrogen) atoms. The van der Waals surface area contributed by atoms with Gasteiger partial charge >= 0.3 is 11.9 Å². The molecule has 0 aliphatic rings. The number of carbonyl (C=O) groups excluding carboxylic acids is 2. The second-order valence-electron chi connectivity index (χ2n) is 5.36. The minimum atomic E-state index is -0.467. The van der Waals surface area contributed by atoms with Crippen molar-refractivity contribution >= 4 is 11.9 Å². The van der Waals surface area contributed by atoms with Gasteiger partial charge in [-0.2, -0.15) is 0 Å². The monoisotopic (exact) mass is 387 g/mol. The van der Waals surface area contributed by atoms with Gasteiger partial charge in [0.2, 0.25) is 5.82 Å². The van der Waals surface area contributed by atoms with E-state index in [2.05, 4.69) is 36.0 Å². The first-order chi connectivity index (χ1) is 13.6. The summed E-state index contributed by atoms with van der Waals surface area (Å²) in [6, 6.07) is 3.33. The van der Waals surface area contributed by atoms with E-state index in [0.717, 1.165) is 0 Å². The van der Waals surface area contributed by atoms with Crippen LogP contribution in [0.5, 0.6) is 0 Å². The Labute approximate surface area is 158 Å². The summed E-state index contributed by atoms with van der Waals surface area (Å²) in [6.45, 7) is 3.67. The van der Waals surface area contributed by atoms with Crippen molar-refractivity contribution in [3.8, 4) is 22.9 Å². The van der Waals surface area contributed by atoms with Gasteiger partial charge in [-0.05, 0) is 46.8 Å². The first kappa shape index (κ1) is 19.0. The van der Waals surface area contributed by atoms with Crippen molar-refractivity contribution < 1.29 is 19.1 Å². The fourth-order valence-electron chi connectivity index (χ4n) is 2.36. The average Bonchev–Trinajstić information content (AvgIpc) is 3.31. The standard InChI is InChI=1S/C15H17N9O4/c1-3-27-12(25)8-23-14(17-19-21-23)10-5-6-16-11(7-10)15-18-20-22-24(15)9-13(26)28-4-2/h5-7H,3-4,8-9H2,1-2H3. The number of aromatic nitrogens is 9. The average molecular weight is 387 g/mol. The van der Waals surface area contributed by atoms with Gasteiger partial charge in [-0.3, -0.25) is 14.6 Å². The molecule has 0 atom stereocenters. The van der Waals surface area contributed by atoms with E-state index in [1.165, 1.54) is 15.6 Å². The Hall–Kier alpha value is -3.77. The molecule has 3 heterocycles. The van der Waals surface area contributed by atoms with Crippen LogP contribution in [0.1, 0.15) is 13.8 Å². The molecule has 0 amide bonds. The summed E-state index contributed by atoms with van der Waals surface area (Å²) in [5, 5.41) is 22.7. The number of esters is 2. The summed E-state index contributed by atoms with van der Waals surface area (Å²) in [7, 11) is 0. The smallest absolute Gasteiger partial charge is 0.327 e. The molecule has 3 aromatic rings. The van der Waals surface area contributed by atoms with Crippen LogP contribution in [-0.4, -0.2) is 70.6 Å². The molecule has 0 N–H and O–H groups in total. The number of tetrazole rings is 2. The van der Waals surface area contributed by atoms with Crippen LogP contribution < -0.4 is 0 Å². The molecular formula is C15H17N9O4. The van der Waals surface area contributed by atoms with Crippen LogP contribution in [0.25, 0.3) is 22.9 Å². The number of pyridine rings is 1. The lowest BCUT2D eigenvalue weighted by Gasteiger charge is -2.06. The van der Waals surface area contributed by atoms with Gasteiger partial charge in [-0.25, -0.2) is 9.36 Å². The van der Waals surface area contributed by atoms with Gasteiger partial charge < -0.3 is 9.47 Å². The highest BCUT2D eigenvalue weighted by Crippen LogP contribution is 2.21. The predicted molar refractivity (Wildman–Crippen MR) is 91.1 cm³/mol. The van der Waals surface area contributed by atoms with Gasteiger partial charge in [0.1, 0.15) is 18.8 Å². The summed E-state index contributed by atoms with van der Waals surface area (Å²) in [5.74, 6) is -0.297. The minimum absolute atomic E-state index is 0.131. The molecule has 0 spiro atoms. The van der Waals surface area contributed by atoms with E-state index >= 15 is 0 Å². The molecule has 0 saturated carbocycles. The zero-order valence-electron chi connectivity index (χ0n) is 15.2. The number of carbonyl (C=O) groups is 2. The lowest BCUT2D eigenvalue weighted by Crippen LogP contribution is -2.16. The third kappa shape index (κ3) is 4.31. The SMILES string of the molecule is CCOC(=O)Cn1nnnc1-c1ccnc(-c2nnnn2CC(=O)OCC)c1. The molecule has 0 bridgehead atoms. The number of nitrogens with zero attached hydrogens (tertiary/aromatic N) is 9. The van der Waals surface area contributed by atoms with Crippen molar-refractivity contribution in [2.75, 3.05) is 13.2 Å². The third-order valence-corrected chi connectivity index (χ3v) is 3.48. The van der Waals surface area contributed by atoms with Crippen molar-refractivity contribution in [1.82, 2.24) is 45.4 Å². The normalized spacial score (nSPS) is 10.6. The Morgan fingerprint density at radius 2 is 1.50 bits per heavy atom. The van der Waals surface area contributed by atoms with Crippen LogP contribution >= 0.6 is 0 Å². The van der Waals surface area contributed by atoms with E-state index in [-0.39, 0.29) is 32.1 Å². The Morgan fingerprint density at radius 1 is 0.929 bits per heavy atom. The second-order valence-corrected chi connectivity index (χ2v) is 5.36. The van der Waals surface area contributed by atoms with Crippen LogP contribution in [0.3, 0.4) is 0 Å². The fraction of sp³-hybridized carbons (Fsp3) is 0.400. The van der Waals surface area contributed by atoms with E-state index < -0.39 is 11.9 Å². The molecule has 13 nitrogen and oxygen atoms in total. The van der Waals surface area contributed by atoms with Crippen LogP contribution in [0.15, 0.2) is 18.3 Å². The molecular weight excluding hydrogens is 370 g/mol. The number of hydrogen-bond acceptors (Lipinski definition) is 11. The molecule has 0 radical (unpaired) electrons. The van der Waals surface area contributed by atoms with Gasteiger partial charge in [0.05, 0.1) is 13.2 Å². The highest BCUT2D eigenvalue weighted by atomic mass is 16.5. The minimum Gasteiger partial charge on any atom is -0.465 e. The Balaban J connectivity index is 1.87. The Bertz CT molecular complexity index is 894. The molecule has 0 unspecified atom stereocenters. The summed E-state index contributed by atoms with van der Waals surface area (Å²) in [4.78, 5) is 27.7. The molecule has 0 fully saturated rings. The molecule has 0 aromatic carbocycles. The van der Waals surface area contributed by atoms with E-state index in [4.69, 9.17) is 9.47 Å². The second kappa shape index (κ2) is 8.75. The summed E-state index contributed by atoms with van der Waals surface area (Å²) in [5.41, 5.74) is 0.988. The Kier molecular flexibility index (Phi) is 5.94. The largest absolute Gasteiger partial charge is 0.465 e. The molecule has 13 heteroatoms. The van der Waals surface area contributed by atoms with Crippen molar-refractivity contribution in [3.05, 3.63) is 18.3 Å².